The van der Waals surface area contributed by atoms with Crippen molar-refractivity contribution in [2.45, 2.75) is 45.6 Å². The Morgan fingerprint density at radius 1 is 1.22 bits per heavy atom. The Morgan fingerprint density at radius 2 is 2.00 bits per heavy atom. The number of aromatic nitrogens is 2. The first-order valence-electron chi connectivity index (χ1n) is 11.2. The summed E-state index contributed by atoms with van der Waals surface area (Å²) in [5.41, 5.74) is 3.05. The minimum absolute atomic E-state index is 0.0180. The van der Waals surface area contributed by atoms with Gasteiger partial charge < -0.3 is 19.5 Å². The van der Waals surface area contributed by atoms with Gasteiger partial charge in [-0.2, -0.15) is 0 Å². The molecule has 1 aliphatic rings. The number of methoxy groups -OCH3 is 1. The van der Waals surface area contributed by atoms with Gasteiger partial charge in [0.25, 0.3) is 11.8 Å². The standard InChI is InChI=1S/C25H30N4O3/c1-5-22-26-19-14-17(25(31)29-13-9-8-10-16(29)2)15-20(23(19)28(22)3)27-24(30)18-11-6-7-12-21(18)32-4/h6-7,11-12,14-16H,5,8-10,13H2,1-4H3,(H,27,30). The van der Waals surface area contributed by atoms with Crippen LogP contribution in [0.3, 0.4) is 0 Å². The Balaban J connectivity index is 1.78. The number of aryl methyl sites for hydroxylation is 2. The molecule has 1 unspecified atom stereocenters. The van der Waals surface area contributed by atoms with E-state index in [-0.39, 0.29) is 17.9 Å². The highest BCUT2D eigenvalue weighted by Gasteiger charge is 2.26. The Morgan fingerprint density at radius 3 is 2.72 bits per heavy atom. The maximum absolute atomic E-state index is 13.4. The number of imidazole rings is 1. The van der Waals surface area contributed by atoms with Crippen LogP contribution in [0.2, 0.25) is 0 Å². The van der Waals surface area contributed by atoms with Crippen LogP contribution < -0.4 is 10.1 Å². The Labute approximate surface area is 188 Å². The van der Waals surface area contributed by atoms with Crippen LogP contribution in [-0.2, 0) is 13.5 Å². The zero-order chi connectivity index (χ0) is 22.8. The third-order valence-corrected chi connectivity index (χ3v) is 6.29. The molecule has 0 saturated carbocycles. The molecule has 1 aliphatic heterocycles. The average molecular weight is 435 g/mol. The van der Waals surface area contributed by atoms with Crippen LogP contribution in [0.4, 0.5) is 5.69 Å². The molecule has 0 bridgehead atoms. The maximum Gasteiger partial charge on any atom is 0.259 e. The van der Waals surface area contributed by atoms with E-state index in [0.29, 0.717) is 28.1 Å². The number of hydrogen-bond donors (Lipinski definition) is 1. The van der Waals surface area contributed by atoms with E-state index in [4.69, 9.17) is 9.72 Å². The zero-order valence-corrected chi connectivity index (χ0v) is 19.1. The summed E-state index contributed by atoms with van der Waals surface area (Å²) in [4.78, 5) is 33.2. The molecule has 32 heavy (non-hydrogen) atoms. The number of nitrogens with zero attached hydrogens (tertiary/aromatic N) is 3. The van der Waals surface area contributed by atoms with Crippen molar-refractivity contribution in [2.24, 2.45) is 7.05 Å². The number of rotatable bonds is 5. The first kappa shape index (κ1) is 21.9. The predicted molar refractivity (Wildman–Crippen MR) is 125 cm³/mol. The predicted octanol–water partition coefficient (Wildman–Crippen LogP) is 4.41. The summed E-state index contributed by atoms with van der Waals surface area (Å²) >= 11 is 0. The van der Waals surface area contributed by atoms with Crippen molar-refractivity contribution in [3.63, 3.8) is 0 Å². The number of piperidine rings is 1. The molecule has 0 radical (unpaired) electrons. The van der Waals surface area contributed by atoms with Gasteiger partial charge in [-0.3, -0.25) is 9.59 Å². The van der Waals surface area contributed by atoms with E-state index >= 15 is 0 Å². The largest absolute Gasteiger partial charge is 0.496 e. The Kier molecular flexibility index (Phi) is 6.17. The summed E-state index contributed by atoms with van der Waals surface area (Å²) in [6.07, 6.45) is 3.91. The molecule has 1 atom stereocenters. The van der Waals surface area contributed by atoms with Gasteiger partial charge >= 0.3 is 0 Å². The van der Waals surface area contributed by atoms with Gasteiger partial charge in [0.15, 0.2) is 0 Å². The fourth-order valence-electron chi connectivity index (χ4n) is 4.52. The van der Waals surface area contributed by atoms with E-state index in [0.717, 1.165) is 43.6 Å². The van der Waals surface area contributed by atoms with Gasteiger partial charge in [0.1, 0.15) is 11.6 Å². The number of carbonyl (C=O) groups is 2. The summed E-state index contributed by atoms with van der Waals surface area (Å²) in [5, 5.41) is 3.01. The summed E-state index contributed by atoms with van der Waals surface area (Å²) in [6.45, 7) is 4.88. The van der Waals surface area contributed by atoms with E-state index in [1.54, 1.807) is 24.3 Å². The van der Waals surface area contributed by atoms with Crippen molar-refractivity contribution in [3.8, 4) is 5.75 Å². The number of benzene rings is 2. The fraction of sp³-hybridized carbons (Fsp3) is 0.400. The molecule has 4 rings (SSSR count). The number of likely N-dealkylation sites (tertiary alicyclic amines) is 1. The first-order chi connectivity index (χ1) is 15.4. The lowest BCUT2D eigenvalue weighted by atomic mass is 10.0. The molecule has 1 fully saturated rings. The molecule has 0 spiro atoms. The summed E-state index contributed by atoms with van der Waals surface area (Å²) in [6, 6.07) is 10.9. The van der Waals surface area contributed by atoms with Gasteiger partial charge in [-0.05, 0) is 50.5 Å². The van der Waals surface area contributed by atoms with Gasteiger partial charge in [-0.1, -0.05) is 19.1 Å². The molecule has 2 heterocycles. The molecule has 2 aromatic carbocycles. The number of amides is 2. The highest BCUT2D eigenvalue weighted by Crippen LogP contribution is 2.30. The van der Waals surface area contributed by atoms with Gasteiger partial charge in [0.2, 0.25) is 0 Å². The highest BCUT2D eigenvalue weighted by atomic mass is 16.5. The van der Waals surface area contributed by atoms with E-state index in [1.807, 2.05) is 35.6 Å². The average Bonchev–Trinajstić information content (AvgIpc) is 3.14. The maximum atomic E-state index is 13.4. The third kappa shape index (κ3) is 3.95. The number of anilines is 1. The number of hydrogen-bond acceptors (Lipinski definition) is 4. The molecule has 3 aromatic rings. The number of carbonyl (C=O) groups excluding carboxylic acids is 2. The molecule has 7 heteroatoms. The lowest BCUT2D eigenvalue weighted by Gasteiger charge is -2.33. The molecule has 0 aliphatic carbocycles. The second-order valence-electron chi connectivity index (χ2n) is 8.33. The van der Waals surface area contributed by atoms with Crippen LogP contribution in [0.15, 0.2) is 36.4 Å². The lowest BCUT2D eigenvalue weighted by molar-refractivity contribution is 0.0635. The molecule has 168 valence electrons. The topological polar surface area (TPSA) is 76.5 Å². The highest BCUT2D eigenvalue weighted by molar-refractivity contribution is 6.11. The van der Waals surface area contributed by atoms with Crippen LogP contribution in [0.1, 0.15) is 59.7 Å². The molecule has 7 nitrogen and oxygen atoms in total. The van der Waals surface area contributed by atoms with Crippen LogP contribution in [0, 0.1) is 0 Å². The normalized spacial score (nSPS) is 16.2. The Bertz CT molecular complexity index is 1170. The minimum atomic E-state index is -0.293. The van der Waals surface area contributed by atoms with E-state index < -0.39 is 0 Å². The molecule has 1 aromatic heterocycles. The lowest BCUT2D eigenvalue weighted by Crippen LogP contribution is -2.42. The minimum Gasteiger partial charge on any atom is -0.496 e. The number of para-hydroxylation sites is 1. The van der Waals surface area contributed by atoms with Crippen molar-refractivity contribution in [1.82, 2.24) is 14.5 Å². The smallest absolute Gasteiger partial charge is 0.259 e. The molecular formula is C25H30N4O3. The van der Waals surface area contributed by atoms with E-state index in [1.165, 1.54) is 7.11 Å². The van der Waals surface area contributed by atoms with Crippen molar-refractivity contribution >= 4 is 28.5 Å². The van der Waals surface area contributed by atoms with Crippen molar-refractivity contribution in [3.05, 3.63) is 53.3 Å². The monoisotopic (exact) mass is 434 g/mol. The van der Waals surface area contributed by atoms with Crippen LogP contribution >= 0.6 is 0 Å². The van der Waals surface area contributed by atoms with Crippen molar-refractivity contribution in [1.29, 1.82) is 0 Å². The molecule has 1 N–H and O–H groups in total. The number of nitrogens with one attached hydrogen (secondary N) is 1. The van der Waals surface area contributed by atoms with Gasteiger partial charge in [-0.15, -0.1) is 0 Å². The van der Waals surface area contributed by atoms with Crippen LogP contribution in [-0.4, -0.2) is 46.0 Å². The fourth-order valence-corrected chi connectivity index (χ4v) is 4.52. The molecule has 2 amide bonds. The number of ether oxygens (including phenoxy) is 1. The third-order valence-electron chi connectivity index (χ3n) is 6.29. The van der Waals surface area contributed by atoms with Crippen LogP contribution in [0.25, 0.3) is 11.0 Å². The molecular weight excluding hydrogens is 404 g/mol. The van der Waals surface area contributed by atoms with E-state index in [9.17, 15) is 9.59 Å². The SMILES string of the molecule is CCc1nc2cc(C(=O)N3CCCCC3C)cc(NC(=O)c3ccccc3OC)c2n1C. The van der Waals surface area contributed by atoms with Gasteiger partial charge in [-0.25, -0.2) is 4.98 Å². The van der Waals surface area contributed by atoms with Crippen molar-refractivity contribution in [2.75, 3.05) is 19.0 Å². The Hall–Kier alpha value is -3.35. The summed E-state index contributed by atoms with van der Waals surface area (Å²) in [7, 11) is 3.47. The van der Waals surface area contributed by atoms with Gasteiger partial charge in [0.05, 0.1) is 29.4 Å². The van der Waals surface area contributed by atoms with Crippen molar-refractivity contribution < 1.29 is 14.3 Å². The summed E-state index contributed by atoms with van der Waals surface area (Å²) in [5.74, 6) is 1.08. The van der Waals surface area contributed by atoms with E-state index in [2.05, 4.69) is 12.2 Å². The van der Waals surface area contributed by atoms with Gasteiger partial charge in [0, 0.05) is 31.6 Å². The summed E-state index contributed by atoms with van der Waals surface area (Å²) < 4.78 is 7.33. The van der Waals surface area contributed by atoms with Crippen LogP contribution in [0.5, 0.6) is 5.75 Å². The second kappa shape index (κ2) is 9.02. The zero-order valence-electron chi connectivity index (χ0n) is 19.1. The first-order valence-corrected chi connectivity index (χ1v) is 11.2. The quantitative estimate of drug-likeness (QED) is 0.645. The molecule has 1 saturated heterocycles. The second-order valence-corrected chi connectivity index (χ2v) is 8.33. The number of fused-ring (bicyclic) bond motifs is 1.